The van der Waals surface area contributed by atoms with Crippen LogP contribution in [0.25, 0.3) is 5.69 Å². The third-order valence-corrected chi connectivity index (χ3v) is 4.77. The van der Waals surface area contributed by atoms with Gasteiger partial charge in [-0.3, -0.25) is 9.67 Å². The largest absolute Gasteiger partial charge is 0.418 e. The summed E-state index contributed by atoms with van der Waals surface area (Å²) in [6.07, 6.45) is -3.61. The summed E-state index contributed by atoms with van der Waals surface area (Å²) in [7, 11) is 0. The molecule has 3 nitrogen and oxygen atoms in total. The van der Waals surface area contributed by atoms with E-state index in [-0.39, 0.29) is 22.3 Å². The number of alkyl halides is 3. The van der Waals surface area contributed by atoms with Crippen LogP contribution in [0.5, 0.6) is 0 Å². The monoisotopic (exact) mass is 361 g/mol. The van der Waals surface area contributed by atoms with Crippen molar-refractivity contribution in [3.05, 3.63) is 76.3 Å². The number of hydrogen-bond acceptors (Lipinski definition) is 2. The van der Waals surface area contributed by atoms with Crippen molar-refractivity contribution in [2.24, 2.45) is 0 Å². The van der Waals surface area contributed by atoms with Gasteiger partial charge in [0.2, 0.25) is 0 Å². The van der Waals surface area contributed by atoms with E-state index in [1.54, 1.807) is 6.07 Å². The summed E-state index contributed by atoms with van der Waals surface area (Å²) in [6.45, 7) is 0. The summed E-state index contributed by atoms with van der Waals surface area (Å²) >= 11 is 5.22. The van der Waals surface area contributed by atoms with Crippen LogP contribution in [0.2, 0.25) is 0 Å². The first-order valence-electron chi connectivity index (χ1n) is 7.85. The van der Waals surface area contributed by atoms with E-state index in [4.69, 9.17) is 12.2 Å². The Labute approximate surface area is 147 Å². The van der Waals surface area contributed by atoms with Gasteiger partial charge in [0.15, 0.2) is 4.77 Å². The van der Waals surface area contributed by atoms with Gasteiger partial charge >= 0.3 is 6.18 Å². The van der Waals surface area contributed by atoms with Crippen molar-refractivity contribution in [1.29, 1.82) is 0 Å². The van der Waals surface area contributed by atoms with E-state index in [2.05, 4.69) is 10.2 Å². The second kappa shape index (κ2) is 5.84. The second-order valence-corrected chi connectivity index (χ2v) is 6.48. The summed E-state index contributed by atoms with van der Waals surface area (Å²) in [5.74, 6) is 0.857. The van der Waals surface area contributed by atoms with Gasteiger partial charge in [-0.25, -0.2) is 0 Å². The van der Waals surface area contributed by atoms with Crippen LogP contribution < -0.4 is 0 Å². The number of nitrogens with one attached hydrogen (secondary N) is 1. The van der Waals surface area contributed by atoms with Gasteiger partial charge in [-0.05, 0) is 42.3 Å². The molecule has 2 unspecified atom stereocenters. The van der Waals surface area contributed by atoms with Crippen molar-refractivity contribution < 1.29 is 13.2 Å². The Morgan fingerprint density at radius 3 is 2.40 bits per heavy atom. The highest BCUT2D eigenvalue weighted by Crippen LogP contribution is 2.54. The molecular weight excluding hydrogens is 347 g/mol. The molecule has 1 aliphatic rings. The zero-order valence-corrected chi connectivity index (χ0v) is 13.8. The number of para-hydroxylation sites is 1. The maximum Gasteiger partial charge on any atom is 0.418 e. The van der Waals surface area contributed by atoms with Crippen molar-refractivity contribution in [1.82, 2.24) is 14.8 Å². The topological polar surface area (TPSA) is 33.6 Å². The van der Waals surface area contributed by atoms with Crippen LogP contribution in [-0.4, -0.2) is 14.8 Å². The minimum absolute atomic E-state index is 0.0162. The van der Waals surface area contributed by atoms with Gasteiger partial charge in [-0.15, -0.1) is 0 Å². The average Bonchev–Trinajstić information content (AvgIpc) is 3.30. The standard InChI is InChI=1S/C18H14F3N3S/c19-18(20,21)14-8-4-5-9-15(14)24-16(22-23-17(24)25)13-10-12(13)11-6-2-1-3-7-11/h1-9,12-13H,10H2,(H,23,25). The fourth-order valence-electron chi connectivity index (χ4n) is 3.25. The Hall–Kier alpha value is -2.41. The molecule has 0 aliphatic heterocycles. The quantitative estimate of drug-likeness (QED) is 0.649. The number of H-pyrrole nitrogens is 1. The average molecular weight is 361 g/mol. The molecule has 0 amide bonds. The van der Waals surface area contributed by atoms with E-state index in [1.165, 1.54) is 16.7 Å². The highest BCUT2D eigenvalue weighted by Gasteiger charge is 2.44. The molecule has 0 radical (unpaired) electrons. The third-order valence-electron chi connectivity index (χ3n) is 4.50. The molecule has 0 bridgehead atoms. The first-order chi connectivity index (χ1) is 12.0. The molecule has 7 heteroatoms. The van der Waals surface area contributed by atoms with Gasteiger partial charge in [0.1, 0.15) is 5.82 Å². The second-order valence-electron chi connectivity index (χ2n) is 6.10. The molecular formula is C18H14F3N3S. The number of nitrogens with zero attached hydrogens (tertiary/aromatic N) is 2. The lowest BCUT2D eigenvalue weighted by molar-refractivity contribution is -0.137. The molecule has 1 aliphatic carbocycles. The van der Waals surface area contributed by atoms with Gasteiger partial charge in [-0.1, -0.05) is 42.5 Å². The van der Waals surface area contributed by atoms with Gasteiger partial charge in [-0.2, -0.15) is 18.3 Å². The Balaban J connectivity index is 1.78. The summed E-state index contributed by atoms with van der Waals surface area (Å²) in [5, 5.41) is 6.89. The predicted octanol–water partition coefficient (Wildman–Crippen LogP) is 5.22. The van der Waals surface area contributed by atoms with Crippen molar-refractivity contribution in [3.63, 3.8) is 0 Å². The molecule has 4 rings (SSSR count). The van der Waals surface area contributed by atoms with Gasteiger partial charge < -0.3 is 0 Å². The van der Waals surface area contributed by atoms with Crippen molar-refractivity contribution in [2.45, 2.75) is 24.4 Å². The van der Waals surface area contributed by atoms with E-state index >= 15 is 0 Å². The molecule has 128 valence electrons. The number of rotatable bonds is 3. The lowest BCUT2D eigenvalue weighted by Gasteiger charge is -2.14. The van der Waals surface area contributed by atoms with Gasteiger partial charge in [0.05, 0.1) is 11.3 Å². The normalized spacial score (nSPS) is 19.8. The molecule has 1 N–H and O–H groups in total. The summed E-state index contributed by atoms with van der Waals surface area (Å²) in [4.78, 5) is 0. The maximum atomic E-state index is 13.4. The predicted molar refractivity (Wildman–Crippen MR) is 90.3 cm³/mol. The van der Waals surface area contributed by atoms with E-state index < -0.39 is 11.7 Å². The lowest BCUT2D eigenvalue weighted by atomic mass is 10.1. The van der Waals surface area contributed by atoms with E-state index in [0.717, 1.165) is 18.1 Å². The molecule has 2 atom stereocenters. The van der Waals surface area contributed by atoms with Crippen LogP contribution in [0.1, 0.15) is 35.2 Å². The number of benzene rings is 2. The molecule has 2 aromatic carbocycles. The third kappa shape index (κ3) is 2.89. The molecule has 0 saturated heterocycles. The van der Waals surface area contributed by atoms with Crippen LogP contribution in [0.15, 0.2) is 54.6 Å². The molecule has 0 spiro atoms. The highest BCUT2D eigenvalue weighted by molar-refractivity contribution is 7.71. The van der Waals surface area contributed by atoms with Gasteiger partial charge in [0.25, 0.3) is 0 Å². The van der Waals surface area contributed by atoms with E-state index in [1.807, 2.05) is 30.3 Å². The SMILES string of the molecule is FC(F)(F)c1ccccc1-n1c(C2CC2c2ccccc2)n[nH]c1=S. The maximum absolute atomic E-state index is 13.4. The Morgan fingerprint density at radius 2 is 1.68 bits per heavy atom. The molecule has 1 aromatic heterocycles. The zero-order chi connectivity index (χ0) is 17.6. The van der Waals surface area contributed by atoms with E-state index in [0.29, 0.717) is 5.82 Å². The van der Waals surface area contributed by atoms with Crippen LogP contribution >= 0.6 is 12.2 Å². The Morgan fingerprint density at radius 1 is 1.00 bits per heavy atom. The minimum Gasteiger partial charge on any atom is -0.271 e. The Bertz CT molecular complexity index is 959. The van der Waals surface area contributed by atoms with Crippen LogP contribution in [0.4, 0.5) is 13.2 Å². The highest BCUT2D eigenvalue weighted by atomic mass is 32.1. The number of halogens is 3. The molecule has 25 heavy (non-hydrogen) atoms. The first kappa shape index (κ1) is 16.1. The van der Waals surface area contributed by atoms with Crippen molar-refractivity contribution >= 4 is 12.2 Å². The number of aromatic amines is 1. The first-order valence-corrected chi connectivity index (χ1v) is 8.26. The van der Waals surface area contributed by atoms with E-state index in [9.17, 15) is 13.2 Å². The fourth-order valence-corrected chi connectivity index (χ4v) is 3.49. The van der Waals surface area contributed by atoms with Crippen molar-refractivity contribution in [3.8, 4) is 5.69 Å². The Kier molecular flexibility index (Phi) is 3.76. The number of aromatic nitrogens is 3. The molecule has 1 saturated carbocycles. The molecule has 1 fully saturated rings. The minimum atomic E-state index is -4.46. The molecule has 1 heterocycles. The number of hydrogen-bond donors (Lipinski definition) is 1. The van der Waals surface area contributed by atoms with Crippen LogP contribution in [0.3, 0.4) is 0 Å². The van der Waals surface area contributed by atoms with Crippen LogP contribution in [0, 0.1) is 4.77 Å². The fraction of sp³-hybridized carbons (Fsp3) is 0.222. The van der Waals surface area contributed by atoms with Crippen LogP contribution in [-0.2, 0) is 6.18 Å². The smallest absolute Gasteiger partial charge is 0.271 e. The van der Waals surface area contributed by atoms with Crippen molar-refractivity contribution in [2.75, 3.05) is 0 Å². The lowest BCUT2D eigenvalue weighted by Crippen LogP contribution is -2.12. The summed E-state index contributed by atoms with van der Waals surface area (Å²) in [5.41, 5.74) is 0.463. The molecule has 3 aromatic rings. The summed E-state index contributed by atoms with van der Waals surface area (Å²) < 4.78 is 41.7. The van der Waals surface area contributed by atoms with Gasteiger partial charge in [0, 0.05) is 5.92 Å². The summed E-state index contributed by atoms with van der Waals surface area (Å²) in [6, 6.07) is 15.4. The zero-order valence-electron chi connectivity index (χ0n) is 13.0.